The minimum atomic E-state index is -0.0522. The lowest BCUT2D eigenvalue weighted by atomic mass is 9.88. The van der Waals surface area contributed by atoms with Crippen LogP contribution in [-0.2, 0) is 12.8 Å². The molecule has 3 rings (SSSR count). The third-order valence-electron chi connectivity index (χ3n) is 3.69. The van der Waals surface area contributed by atoms with Crippen LogP contribution in [0.4, 0.5) is 11.5 Å². The second kappa shape index (κ2) is 6.45. The van der Waals surface area contributed by atoms with Crippen molar-refractivity contribution in [2.75, 3.05) is 11.1 Å². The van der Waals surface area contributed by atoms with Crippen LogP contribution in [0.2, 0.25) is 0 Å². The number of nitrogens with one attached hydrogen (secondary N) is 1. The Morgan fingerprint density at radius 2 is 2.29 bits per heavy atom. The summed E-state index contributed by atoms with van der Waals surface area (Å²) in [5.74, 6) is 1.12. The van der Waals surface area contributed by atoms with Crippen LogP contribution in [-0.4, -0.2) is 10.9 Å². The minimum Gasteiger partial charge on any atom is -0.384 e. The number of nitrogen functional groups attached to an aromatic ring is 1. The molecular weight excluding hydrogens is 306 g/mol. The molecule has 0 fully saturated rings. The molecule has 0 saturated carbocycles. The van der Waals surface area contributed by atoms with E-state index in [-0.39, 0.29) is 18.3 Å². The zero-order valence-electron chi connectivity index (χ0n) is 11.8. The first-order valence-electron chi connectivity index (χ1n) is 6.75. The fourth-order valence-electron chi connectivity index (χ4n) is 2.55. The van der Waals surface area contributed by atoms with Gasteiger partial charge in [-0.15, -0.1) is 23.7 Å². The molecule has 1 amide bonds. The van der Waals surface area contributed by atoms with E-state index in [4.69, 9.17) is 5.73 Å². The van der Waals surface area contributed by atoms with E-state index in [0.717, 1.165) is 30.7 Å². The Balaban J connectivity index is 0.00000161. The molecule has 112 valence electrons. The number of pyridine rings is 1. The van der Waals surface area contributed by atoms with Gasteiger partial charge in [0.25, 0.3) is 5.91 Å². The van der Waals surface area contributed by atoms with E-state index in [0.29, 0.717) is 11.5 Å². The Bertz CT molecular complexity index is 639. The number of amides is 1. The molecule has 0 aromatic carbocycles. The topological polar surface area (TPSA) is 68.0 Å². The molecule has 2 aromatic rings. The highest BCUT2D eigenvalue weighted by molar-refractivity contribution is 7.10. The molecule has 0 spiro atoms. The van der Waals surface area contributed by atoms with Gasteiger partial charge < -0.3 is 11.1 Å². The second-order valence-corrected chi connectivity index (χ2v) is 6.29. The lowest BCUT2D eigenvalue weighted by molar-refractivity contribution is 0.102. The Morgan fingerprint density at radius 1 is 1.48 bits per heavy atom. The molecule has 6 heteroatoms. The molecule has 0 radical (unpaired) electrons. The van der Waals surface area contributed by atoms with Crippen LogP contribution in [0.3, 0.4) is 0 Å². The number of thiophene rings is 1. The van der Waals surface area contributed by atoms with Crippen LogP contribution >= 0.6 is 23.7 Å². The molecule has 0 aliphatic heterocycles. The second-order valence-electron chi connectivity index (χ2n) is 5.32. The largest absolute Gasteiger partial charge is 0.384 e. The Morgan fingerprint density at radius 3 is 3.00 bits per heavy atom. The van der Waals surface area contributed by atoms with E-state index in [2.05, 4.69) is 17.2 Å². The normalized spacial score (nSPS) is 16.7. The third kappa shape index (κ3) is 3.36. The SMILES string of the molecule is CC1CCc2c(C(=O)Nc3ccc(N)nc3)csc2C1.Cl. The van der Waals surface area contributed by atoms with Gasteiger partial charge in [-0.25, -0.2) is 4.98 Å². The third-order valence-corrected chi connectivity index (χ3v) is 4.74. The molecule has 0 bridgehead atoms. The van der Waals surface area contributed by atoms with Gasteiger partial charge in [0.15, 0.2) is 0 Å². The van der Waals surface area contributed by atoms with E-state index < -0.39 is 0 Å². The van der Waals surface area contributed by atoms with Crippen molar-refractivity contribution >= 4 is 41.2 Å². The van der Waals surface area contributed by atoms with Crippen molar-refractivity contribution in [1.82, 2.24) is 4.98 Å². The number of rotatable bonds is 2. The average Bonchev–Trinajstić information content (AvgIpc) is 2.84. The molecule has 1 aliphatic carbocycles. The first-order valence-corrected chi connectivity index (χ1v) is 7.63. The molecule has 2 aromatic heterocycles. The predicted molar refractivity (Wildman–Crippen MR) is 89.4 cm³/mol. The van der Waals surface area contributed by atoms with Crippen LogP contribution in [0.15, 0.2) is 23.7 Å². The van der Waals surface area contributed by atoms with E-state index in [1.807, 2.05) is 5.38 Å². The van der Waals surface area contributed by atoms with Gasteiger partial charge in [-0.1, -0.05) is 6.92 Å². The lowest BCUT2D eigenvalue weighted by Crippen LogP contribution is -2.16. The van der Waals surface area contributed by atoms with Crippen LogP contribution < -0.4 is 11.1 Å². The quantitative estimate of drug-likeness (QED) is 0.888. The molecule has 4 nitrogen and oxygen atoms in total. The van der Waals surface area contributed by atoms with Gasteiger partial charge >= 0.3 is 0 Å². The van der Waals surface area contributed by atoms with E-state index >= 15 is 0 Å². The summed E-state index contributed by atoms with van der Waals surface area (Å²) < 4.78 is 0. The van der Waals surface area contributed by atoms with Crippen molar-refractivity contribution in [3.63, 3.8) is 0 Å². The fraction of sp³-hybridized carbons (Fsp3) is 0.333. The van der Waals surface area contributed by atoms with Crippen molar-refractivity contribution in [3.05, 3.63) is 39.7 Å². The van der Waals surface area contributed by atoms with Crippen molar-refractivity contribution < 1.29 is 4.79 Å². The summed E-state index contributed by atoms with van der Waals surface area (Å²) in [5, 5.41) is 4.86. The van der Waals surface area contributed by atoms with Crippen LogP contribution in [0.5, 0.6) is 0 Å². The summed E-state index contributed by atoms with van der Waals surface area (Å²) in [6, 6.07) is 3.45. The van der Waals surface area contributed by atoms with Gasteiger partial charge in [-0.3, -0.25) is 4.79 Å². The molecule has 21 heavy (non-hydrogen) atoms. The van der Waals surface area contributed by atoms with E-state index in [1.54, 1.807) is 29.7 Å². The van der Waals surface area contributed by atoms with Gasteiger partial charge in [-0.2, -0.15) is 0 Å². The van der Waals surface area contributed by atoms with Gasteiger partial charge in [0.1, 0.15) is 5.82 Å². The van der Waals surface area contributed by atoms with Gasteiger partial charge in [0.2, 0.25) is 0 Å². The smallest absolute Gasteiger partial charge is 0.256 e. The molecular formula is C15H18ClN3OS. The van der Waals surface area contributed by atoms with Crippen molar-refractivity contribution in [2.45, 2.75) is 26.2 Å². The monoisotopic (exact) mass is 323 g/mol. The highest BCUT2D eigenvalue weighted by Crippen LogP contribution is 2.33. The van der Waals surface area contributed by atoms with Gasteiger partial charge in [0.05, 0.1) is 17.4 Å². The predicted octanol–water partition coefficient (Wildman–Crippen LogP) is 3.52. The molecule has 1 aliphatic rings. The fourth-order valence-corrected chi connectivity index (χ4v) is 3.79. The first kappa shape index (κ1) is 15.8. The summed E-state index contributed by atoms with van der Waals surface area (Å²) >= 11 is 1.70. The van der Waals surface area contributed by atoms with Crippen molar-refractivity contribution in [1.29, 1.82) is 0 Å². The van der Waals surface area contributed by atoms with Gasteiger partial charge in [0, 0.05) is 10.3 Å². The maximum Gasteiger partial charge on any atom is 0.256 e. The Labute approximate surface area is 134 Å². The highest BCUT2D eigenvalue weighted by atomic mass is 35.5. The molecule has 1 atom stereocenters. The summed E-state index contributed by atoms with van der Waals surface area (Å²) in [7, 11) is 0. The number of halogens is 1. The Hall–Kier alpha value is -1.59. The van der Waals surface area contributed by atoms with Crippen molar-refractivity contribution in [2.24, 2.45) is 5.92 Å². The summed E-state index contributed by atoms with van der Waals surface area (Å²) in [4.78, 5) is 17.7. The summed E-state index contributed by atoms with van der Waals surface area (Å²) in [6.45, 7) is 2.27. The van der Waals surface area contributed by atoms with Crippen LogP contribution in [0.1, 0.15) is 34.1 Å². The zero-order chi connectivity index (χ0) is 14.1. The number of hydrogen-bond acceptors (Lipinski definition) is 4. The van der Waals surface area contributed by atoms with E-state index in [1.165, 1.54) is 10.4 Å². The first-order chi connectivity index (χ1) is 9.63. The standard InChI is InChI=1S/C15H17N3OS.ClH/c1-9-2-4-11-12(8-20-13(11)6-9)15(19)18-10-3-5-14(16)17-7-10;/h3,5,7-9H,2,4,6H2,1H3,(H2,16,17)(H,18,19);1H. The van der Waals surface area contributed by atoms with Crippen LogP contribution in [0, 0.1) is 5.92 Å². The summed E-state index contributed by atoms with van der Waals surface area (Å²) in [5.41, 5.74) is 8.25. The molecule has 0 saturated heterocycles. The summed E-state index contributed by atoms with van der Waals surface area (Å²) in [6.07, 6.45) is 4.83. The van der Waals surface area contributed by atoms with Gasteiger partial charge in [-0.05, 0) is 42.9 Å². The number of fused-ring (bicyclic) bond motifs is 1. The average molecular weight is 324 g/mol. The molecule has 3 N–H and O–H groups in total. The minimum absolute atomic E-state index is 0. The number of nitrogens with zero attached hydrogens (tertiary/aromatic N) is 1. The highest BCUT2D eigenvalue weighted by Gasteiger charge is 2.23. The number of anilines is 2. The van der Waals surface area contributed by atoms with Crippen molar-refractivity contribution in [3.8, 4) is 0 Å². The Kier molecular flexibility index (Phi) is 4.85. The number of aromatic nitrogens is 1. The number of nitrogens with two attached hydrogens (primary N) is 1. The number of hydrogen-bond donors (Lipinski definition) is 2. The molecule has 1 unspecified atom stereocenters. The maximum atomic E-state index is 12.4. The van der Waals surface area contributed by atoms with E-state index in [9.17, 15) is 4.79 Å². The lowest BCUT2D eigenvalue weighted by Gasteiger charge is -2.18. The maximum absolute atomic E-state index is 12.4. The number of carbonyl (C=O) groups is 1. The molecule has 2 heterocycles. The zero-order valence-corrected chi connectivity index (χ0v) is 13.4. The number of carbonyl (C=O) groups excluding carboxylic acids is 1. The van der Waals surface area contributed by atoms with Crippen LogP contribution in [0.25, 0.3) is 0 Å².